The number of para-hydroxylation sites is 1. The number of hydrogen-bond donors (Lipinski definition) is 2. The molecule has 0 fully saturated rings. The highest BCUT2D eigenvalue weighted by molar-refractivity contribution is 7.17. The van der Waals surface area contributed by atoms with Crippen molar-refractivity contribution in [1.29, 1.82) is 0 Å². The summed E-state index contributed by atoms with van der Waals surface area (Å²) >= 11 is 1.02. The number of aromatic nitrogens is 1. The van der Waals surface area contributed by atoms with Gasteiger partial charge in [-0.2, -0.15) is 0 Å². The number of carboxylic acid groups (broad SMARTS) is 1. The van der Waals surface area contributed by atoms with E-state index in [1.807, 2.05) is 24.3 Å². The molecule has 21 heavy (non-hydrogen) atoms. The van der Waals surface area contributed by atoms with Crippen LogP contribution in [0.5, 0.6) is 0 Å². The van der Waals surface area contributed by atoms with Gasteiger partial charge in [-0.3, -0.25) is 4.79 Å². The number of aromatic carboxylic acids is 1. The number of Topliss-reactive ketones (excluding diaryl/α,β-unsaturated/α-hetero) is 1. The number of rotatable bonds is 6. The molecule has 0 aliphatic carbocycles. The smallest absolute Gasteiger partial charge is 0.356 e. The lowest BCUT2D eigenvalue weighted by Gasteiger charge is -2.08. The predicted octanol–water partition coefficient (Wildman–Crippen LogP) is 2.93. The first-order valence-electron chi connectivity index (χ1n) is 6.12. The van der Waals surface area contributed by atoms with Crippen LogP contribution in [0.4, 0.5) is 10.8 Å². The molecule has 0 atom stereocenters. The second-order valence-electron chi connectivity index (χ2n) is 4.27. The van der Waals surface area contributed by atoms with Crippen molar-refractivity contribution >= 4 is 33.9 Å². The zero-order valence-electron chi connectivity index (χ0n) is 11.5. The number of ketones is 1. The second-order valence-corrected chi connectivity index (χ2v) is 5.27. The van der Waals surface area contributed by atoms with Crippen LogP contribution in [0.1, 0.15) is 32.6 Å². The molecule has 6 nitrogen and oxygen atoms in total. The van der Waals surface area contributed by atoms with Crippen molar-refractivity contribution in [2.45, 2.75) is 13.5 Å². The normalized spacial score (nSPS) is 10.4. The molecule has 1 heterocycles. The van der Waals surface area contributed by atoms with E-state index in [0.29, 0.717) is 11.7 Å². The summed E-state index contributed by atoms with van der Waals surface area (Å²) < 4.78 is 5.11. The summed E-state index contributed by atoms with van der Waals surface area (Å²) in [6.07, 6.45) is 0. The summed E-state index contributed by atoms with van der Waals surface area (Å²) in [7, 11) is 1.59. The molecule has 110 valence electrons. The van der Waals surface area contributed by atoms with Crippen LogP contribution in [0.25, 0.3) is 0 Å². The fourth-order valence-electron chi connectivity index (χ4n) is 1.80. The minimum absolute atomic E-state index is 0.134. The van der Waals surface area contributed by atoms with E-state index in [1.54, 1.807) is 7.11 Å². The van der Waals surface area contributed by atoms with Gasteiger partial charge in [-0.1, -0.05) is 29.5 Å². The minimum Gasteiger partial charge on any atom is -0.476 e. The Balaban J connectivity index is 2.34. The van der Waals surface area contributed by atoms with Crippen LogP contribution in [0.2, 0.25) is 0 Å². The highest BCUT2D eigenvalue weighted by Gasteiger charge is 2.20. The molecule has 0 spiro atoms. The van der Waals surface area contributed by atoms with Crippen molar-refractivity contribution in [3.05, 3.63) is 40.4 Å². The van der Waals surface area contributed by atoms with E-state index in [0.717, 1.165) is 22.6 Å². The van der Waals surface area contributed by atoms with E-state index in [-0.39, 0.29) is 16.4 Å². The topological polar surface area (TPSA) is 88.5 Å². The number of ether oxygens (including phenoxy) is 1. The first-order chi connectivity index (χ1) is 10.0. The predicted molar refractivity (Wildman–Crippen MR) is 79.5 cm³/mol. The van der Waals surface area contributed by atoms with E-state index in [1.165, 1.54) is 6.92 Å². The highest BCUT2D eigenvalue weighted by atomic mass is 32.1. The Morgan fingerprint density at radius 3 is 2.67 bits per heavy atom. The van der Waals surface area contributed by atoms with Crippen LogP contribution >= 0.6 is 11.3 Å². The Bertz CT molecular complexity index is 650. The molecule has 0 aliphatic rings. The molecule has 1 aromatic heterocycles. The quantitative estimate of drug-likeness (QED) is 0.798. The largest absolute Gasteiger partial charge is 0.476 e. The third-order valence-electron chi connectivity index (χ3n) is 2.71. The molecule has 7 heteroatoms. The van der Waals surface area contributed by atoms with Crippen molar-refractivity contribution in [2.24, 2.45) is 0 Å². The molecule has 2 aromatic rings. The van der Waals surface area contributed by atoms with Crippen LogP contribution in [-0.2, 0) is 11.3 Å². The standard InChI is InChI=1S/C14H14N2O4S/c1-8(17)12-11(13(18)19)16-14(21-12)15-10-6-4-3-5-9(10)7-20-2/h3-6H,7H2,1-2H3,(H,15,16)(H,18,19). The number of nitrogens with zero attached hydrogens (tertiary/aromatic N) is 1. The van der Waals surface area contributed by atoms with Gasteiger partial charge in [0, 0.05) is 25.3 Å². The third-order valence-corrected chi connectivity index (χ3v) is 3.78. The molecule has 0 saturated carbocycles. The summed E-state index contributed by atoms with van der Waals surface area (Å²) in [6.45, 7) is 1.74. The second kappa shape index (κ2) is 6.47. The van der Waals surface area contributed by atoms with E-state index >= 15 is 0 Å². The first kappa shape index (κ1) is 15.1. The molecule has 1 aromatic carbocycles. The first-order valence-corrected chi connectivity index (χ1v) is 6.93. The SMILES string of the molecule is COCc1ccccc1Nc1nc(C(=O)O)c(C(C)=O)s1. The number of nitrogens with one attached hydrogen (secondary N) is 1. The molecule has 0 amide bonds. The van der Waals surface area contributed by atoms with Gasteiger partial charge in [0.15, 0.2) is 16.6 Å². The van der Waals surface area contributed by atoms with Crippen LogP contribution in [0, 0.1) is 0 Å². The molecule has 0 saturated heterocycles. The molecular weight excluding hydrogens is 292 g/mol. The Morgan fingerprint density at radius 1 is 1.38 bits per heavy atom. The van der Waals surface area contributed by atoms with Gasteiger partial charge in [0.25, 0.3) is 0 Å². The number of carboxylic acids is 1. The number of hydrogen-bond acceptors (Lipinski definition) is 6. The highest BCUT2D eigenvalue weighted by Crippen LogP contribution is 2.28. The number of anilines is 2. The van der Waals surface area contributed by atoms with Crippen molar-refractivity contribution in [1.82, 2.24) is 4.98 Å². The Kier molecular flexibility index (Phi) is 4.66. The monoisotopic (exact) mass is 306 g/mol. The molecule has 0 unspecified atom stereocenters. The number of carbonyl (C=O) groups excluding carboxylic acids is 1. The number of benzene rings is 1. The summed E-state index contributed by atoms with van der Waals surface area (Å²) in [5.74, 6) is -1.53. The molecule has 2 N–H and O–H groups in total. The average molecular weight is 306 g/mol. The van der Waals surface area contributed by atoms with Gasteiger partial charge in [0.2, 0.25) is 0 Å². The maximum absolute atomic E-state index is 11.5. The maximum Gasteiger partial charge on any atom is 0.356 e. The van der Waals surface area contributed by atoms with Crippen LogP contribution in [0.3, 0.4) is 0 Å². The Labute approximate surface area is 125 Å². The molecule has 2 rings (SSSR count). The fraction of sp³-hybridized carbons (Fsp3) is 0.214. The van der Waals surface area contributed by atoms with E-state index in [4.69, 9.17) is 9.84 Å². The van der Waals surface area contributed by atoms with Gasteiger partial charge in [-0.05, 0) is 6.07 Å². The van der Waals surface area contributed by atoms with Gasteiger partial charge in [-0.15, -0.1) is 0 Å². The van der Waals surface area contributed by atoms with Crippen LogP contribution < -0.4 is 5.32 Å². The van der Waals surface area contributed by atoms with Crippen molar-refractivity contribution < 1.29 is 19.4 Å². The molecule has 0 bridgehead atoms. The van der Waals surface area contributed by atoms with Gasteiger partial charge in [-0.25, -0.2) is 9.78 Å². The van der Waals surface area contributed by atoms with Crippen molar-refractivity contribution in [3.8, 4) is 0 Å². The number of methoxy groups -OCH3 is 1. The van der Waals surface area contributed by atoms with Crippen LogP contribution in [0.15, 0.2) is 24.3 Å². The van der Waals surface area contributed by atoms with Gasteiger partial charge >= 0.3 is 5.97 Å². The molecular formula is C14H14N2O4S. The van der Waals surface area contributed by atoms with E-state index in [9.17, 15) is 9.59 Å². The summed E-state index contributed by atoms with van der Waals surface area (Å²) in [4.78, 5) is 26.7. The summed E-state index contributed by atoms with van der Waals surface area (Å²) in [5.41, 5.74) is 1.45. The molecule has 0 radical (unpaired) electrons. The van der Waals surface area contributed by atoms with Crippen LogP contribution in [-0.4, -0.2) is 29.0 Å². The van der Waals surface area contributed by atoms with Gasteiger partial charge in [0.05, 0.1) is 6.61 Å². The number of thiazole rings is 1. The lowest BCUT2D eigenvalue weighted by molar-refractivity contribution is 0.0687. The van der Waals surface area contributed by atoms with Gasteiger partial charge < -0.3 is 15.2 Å². The summed E-state index contributed by atoms with van der Waals surface area (Å²) in [6, 6.07) is 7.46. The zero-order chi connectivity index (χ0) is 15.4. The van der Waals surface area contributed by atoms with Crippen molar-refractivity contribution in [2.75, 3.05) is 12.4 Å². The van der Waals surface area contributed by atoms with Gasteiger partial charge in [0.1, 0.15) is 4.88 Å². The Hall–Kier alpha value is -2.25. The third kappa shape index (κ3) is 3.45. The Morgan fingerprint density at radius 2 is 2.10 bits per heavy atom. The lowest BCUT2D eigenvalue weighted by atomic mass is 10.2. The minimum atomic E-state index is -1.21. The van der Waals surface area contributed by atoms with Crippen molar-refractivity contribution in [3.63, 3.8) is 0 Å². The fourth-order valence-corrected chi connectivity index (χ4v) is 2.66. The van der Waals surface area contributed by atoms with E-state index < -0.39 is 5.97 Å². The summed E-state index contributed by atoms with van der Waals surface area (Å²) in [5, 5.41) is 12.5. The zero-order valence-corrected chi connectivity index (χ0v) is 12.4. The maximum atomic E-state index is 11.5. The lowest BCUT2D eigenvalue weighted by Crippen LogP contribution is -2.04. The average Bonchev–Trinajstić information content (AvgIpc) is 2.86. The number of carbonyl (C=O) groups is 2. The van der Waals surface area contributed by atoms with E-state index in [2.05, 4.69) is 10.3 Å². The molecule has 0 aliphatic heterocycles.